The van der Waals surface area contributed by atoms with Crippen LogP contribution in [0.25, 0.3) is 0 Å². The summed E-state index contributed by atoms with van der Waals surface area (Å²) in [6.45, 7) is 4.86. The maximum Gasteiger partial charge on any atom is 0.261 e. The second kappa shape index (κ2) is 8.41. The van der Waals surface area contributed by atoms with E-state index >= 15 is 0 Å². The van der Waals surface area contributed by atoms with Crippen LogP contribution >= 0.6 is 0 Å². The highest BCUT2D eigenvalue weighted by atomic mass is 32.2. The van der Waals surface area contributed by atoms with Crippen LogP contribution in [-0.2, 0) is 10.0 Å². The summed E-state index contributed by atoms with van der Waals surface area (Å²) in [4.78, 5) is 12.2. The van der Waals surface area contributed by atoms with E-state index < -0.39 is 10.0 Å². The molecule has 0 bridgehead atoms. The van der Waals surface area contributed by atoms with Crippen molar-refractivity contribution in [3.63, 3.8) is 0 Å². The molecule has 8 heteroatoms. The molecule has 2 aromatic carbocycles. The largest absolute Gasteiger partial charge is 0.494 e. The Balaban J connectivity index is 1.62. The summed E-state index contributed by atoms with van der Waals surface area (Å²) in [7, 11) is -3.73. The zero-order valence-electron chi connectivity index (χ0n) is 15.1. The van der Waals surface area contributed by atoms with Crippen LogP contribution in [0.4, 0.5) is 5.69 Å². The van der Waals surface area contributed by atoms with Gasteiger partial charge in [0.1, 0.15) is 5.75 Å². The number of ether oxygens (including phenoxy) is 1. The van der Waals surface area contributed by atoms with E-state index in [-0.39, 0.29) is 10.8 Å². The fraction of sp³-hybridized carbons (Fsp3) is 0.316. The number of hydrogen-bond donors (Lipinski definition) is 3. The van der Waals surface area contributed by atoms with Crippen LogP contribution in [0.2, 0.25) is 0 Å². The van der Waals surface area contributed by atoms with E-state index in [0.29, 0.717) is 36.1 Å². The van der Waals surface area contributed by atoms with Crippen LogP contribution in [0, 0.1) is 5.92 Å². The van der Waals surface area contributed by atoms with E-state index in [4.69, 9.17) is 4.74 Å². The van der Waals surface area contributed by atoms with Crippen LogP contribution in [0.5, 0.6) is 5.75 Å². The number of amides is 1. The van der Waals surface area contributed by atoms with Gasteiger partial charge in [-0.3, -0.25) is 9.52 Å². The van der Waals surface area contributed by atoms with Crippen molar-refractivity contribution in [3.8, 4) is 5.75 Å². The van der Waals surface area contributed by atoms with Crippen LogP contribution in [0.3, 0.4) is 0 Å². The third-order valence-corrected chi connectivity index (χ3v) is 5.66. The second-order valence-corrected chi connectivity index (χ2v) is 8.00. The first-order chi connectivity index (χ1) is 13.0. The minimum absolute atomic E-state index is 0.0936. The van der Waals surface area contributed by atoms with Gasteiger partial charge in [-0.25, -0.2) is 8.42 Å². The van der Waals surface area contributed by atoms with Crippen molar-refractivity contribution in [2.45, 2.75) is 11.8 Å². The molecule has 27 heavy (non-hydrogen) atoms. The SMILES string of the molecule is CCOc1ccc(NS(=O)(=O)c2ccc(C(=O)NCC3CNC3)cc2)cc1. The summed E-state index contributed by atoms with van der Waals surface area (Å²) in [6.07, 6.45) is 0. The molecule has 3 N–H and O–H groups in total. The molecule has 0 spiro atoms. The molecule has 1 fully saturated rings. The smallest absolute Gasteiger partial charge is 0.261 e. The normalized spacial score (nSPS) is 14.3. The number of carbonyl (C=O) groups is 1. The van der Waals surface area contributed by atoms with Crippen molar-refractivity contribution in [1.29, 1.82) is 0 Å². The molecular weight excluding hydrogens is 366 g/mol. The predicted molar refractivity (Wildman–Crippen MR) is 104 cm³/mol. The Bertz CT molecular complexity index is 876. The maximum absolute atomic E-state index is 12.5. The monoisotopic (exact) mass is 389 g/mol. The number of sulfonamides is 1. The van der Waals surface area contributed by atoms with E-state index in [9.17, 15) is 13.2 Å². The molecule has 3 rings (SSSR count). The van der Waals surface area contributed by atoms with E-state index in [1.807, 2.05) is 6.92 Å². The average Bonchev–Trinajstić information content (AvgIpc) is 2.62. The molecule has 2 aromatic rings. The van der Waals surface area contributed by atoms with Crippen molar-refractivity contribution in [2.75, 3.05) is 31.0 Å². The van der Waals surface area contributed by atoms with Crippen LogP contribution in [0.15, 0.2) is 53.4 Å². The highest BCUT2D eigenvalue weighted by molar-refractivity contribution is 7.92. The molecule has 1 amide bonds. The van der Waals surface area contributed by atoms with Gasteiger partial charge in [0.05, 0.1) is 11.5 Å². The molecule has 0 radical (unpaired) electrons. The van der Waals surface area contributed by atoms with E-state index in [1.54, 1.807) is 24.3 Å². The van der Waals surface area contributed by atoms with Crippen molar-refractivity contribution < 1.29 is 17.9 Å². The van der Waals surface area contributed by atoms with Gasteiger partial charge in [0.25, 0.3) is 15.9 Å². The van der Waals surface area contributed by atoms with Crippen molar-refractivity contribution in [1.82, 2.24) is 10.6 Å². The first-order valence-corrected chi connectivity index (χ1v) is 10.3. The summed E-state index contributed by atoms with van der Waals surface area (Å²) < 4.78 is 32.9. The van der Waals surface area contributed by atoms with Gasteiger partial charge in [0, 0.05) is 36.8 Å². The number of nitrogens with one attached hydrogen (secondary N) is 3. The van der Waals surface area contributed by atoms with Gasteiger partial charge in [0.15, 0.2) is 0 Å². The third kappa shape index (κ3) is 4.99. The molecule has 144 valence electrons. The summed E-state index contributed by atoms with van der Waals surface area (Å²) in [5.74, 6) is 0.936. The Kier molecular flexibility index (Phi) is 5.98. The molecule has 7 nitrogen and oxygen atoms in total. The van der Waals surface area contributed by atoms with E-state index in [0.717, 1.165) is 13.1 Å². The van der Waals surface area contributed by atoms with Gasteiger partial charge in [-0.2, -0.15) is 0 Å². The first-order valence-electron chi connectivity index (χ1n) is 8.82. The Morgan fingerprint density at radius 2 is 1.78 bits per heavy atom. The molecule has 1 saturated heterocycles. The number of anilines is 1. The summed E-state index contributed by atoms with van der Waals surface area (Å²) >= 11 is 0. The van der Waals surface area contributed by atoms with E-state index in [1.165, 1.54) is 24.3 Å². The minimum atomic E-state index is -3.73. The van der Waals surface area contributed by atoms with Gasteiger partial charge in [-0.1, -0.05) is 0 Å². The lowest BCUT2D eigenvalue weighted by atomic mass is 10.0. The zero-order valence-corrected chi connectivity index (χ0v) is 15.9. The fourth-order valence-corrected chi connectivity index (χ4v) is 3.68. The number of carbonyl (C=O) groups excluding carboxylic acids is 1. The highest BCUT2D eigenvalue weighted by Crippen LogP contribution is 2.20. The lowest BCUT2D eigenvalue weighted by Gasteiger charge is -2.27. The fourth-order valence-electron chi connectivity index (χ4n) is 2.62. The molecule has 1 aliphatic heterocycles. The second-order valence-electron chi connectivity index (χ2n) is 6.32. The topological polar surface area (TPSA) is 96.5 Å². The summed E-state index contributed by atoms with van der Waals surface area (Å²) in [5, 5.41) is 6.00. The Hall–Kier alpha value is -2.58. The van der Waals surface area contributed by atoms with Gasteiger partial charge < -0.3 is 15.4 Å². The number of hydrogen-bond acceptors (Lipinski definition) is 5. The molecule has 1 heterocycles. The van der Waals surface area contributed by atoms with Crippen LogP contribution < -0.4 is 20.1 Å². The van der Waals surface area contributed by atoms with Gasteiger partial charge in [0.2, 0.25) is 0 Å². The van der Waals surface area contributed by atoms with Crippen molar-refractivity contribution in [3.05, 3.63) is 54.1 Å². The molecule has 0 atom stereocenters. The quantitative estimate of drug-likeness (QED) is 0.640. The lowest BCUT2D eigenvalue weighted by molar-refractivity contribution is 0.0942. The zero-order chi connectivity index (χ0) is 19.3. The van der Waals surface area contributed by atoms with E-state index in [2.05, 4.69) is 15.4 Å². The Morgan fingerprint density at radius 1 is 1.11 bits per heavy atom. The summed E-state index contributed by atoms with van der Waals surface area (Å²) in [6, 6.07) is 12.6. The Labute approximate surface area is 159 Å². The van der Waals surface area contributed by atoms with Gasteiger partial charge in [-0.15, -0.1) is 0 Å². The minimum Gasteiger partial charge on any atom is -0.494 e. The van der Waals surface area contributed by atoms with Gasteiger partial charge in [-0.05, 0) is 55.5 Å². The standard InChI is InChI=1S/C19H23N3O4S/c1-2-26-17-7-5-16(6-8-17)22-27(24,25)18-9-3-15(4-10-18)19(23)21-13-14-11-20-12-14/h3-10,14,20,22H,2,11-13H2,1H3,(H,21,23). The molecule has 0 unspecified atom stereocenters. The molecular formula is C19H23N3O4S. The molecule has 0 saturated carbocycles. The molecule has 0 aromatic heterocycles. The lowest BCUT2D eigenvalue weighted by Crippen LogP contribution is -2.48. The number of rotatable bonds is 8. The third-order valence-electron chi connectivity index (χ3n) is 4.26. The van der Waals surface area contributed by atoms with Crippen molar-refractivity contribution >= 4 is 21.6 Å². The van der Waals surface area contributed by atoms with Crippen LogP contribution in [0.1, 0.15) is 17.3 Å². The first kappa shape index (κ1) is 19.2. The average molecular weight is 389 g/mol. The Morgan fingerprint density at radius 3 is 2.33 bits per heavy atom. The summed E-state index contributed by atoms with van der Waals surface area (Å²) in [5.41, 5.74) is 0.872. The molecule has 0 aliphatic carbocycles. The van der Waals surface area contributed by atoms with Gasteiger partial charge >= 0.3 is 0 Å². The molecule has 1 aliphatic rings. The predicted octanol–water partition coefficient (Wildman–Crippen LogP) is 1.84. The van der Waals surface area contributed by atoms with Crippen LogP contribution in [-0.4, -0.2) is 40.6 Å². The number of benzene rings is 2. The van der Waals surface area contributed by atoms with Crippen molar-refractivity contribution in [2.24, 2.45) is 5.92 Å². The highest BCUT2D eigenvalue weighted by Gasteiger charge is 2.18. The maximum atomic E-state index is 12.5.